The lowest BCUT2D eigenvalue weighted by Crippen LogP contribution is -2.24. The summed E-state index contributed by atoms with van der Waals surface area (Å²) in [5.74, 6) is -0.580. The third-order valence-corrected chi connectivity index (χ3v) is 4.85. The van der Waals surface area contributed by atoms with Crippen molar-refractivity contribution in [3.05, 3.63) is 70.5 Å². The third-order valence-electron chi connectivity index (χ3n) is 4.62. The van der Waals surface area contributed by atoms with E-state index < -0.39 is 5.91 Å². The van der Waals surface area contributed by atoms with Gasteiger partial charge in [0.1, 0.15) is 5.75 Å². The lowest BCUT2D eigenvalue weighted by atomic mass is 10.2. The number of nitrogen functional groups attached to an aromatic ring is 1. The van der Waals surface area contributed by atoms with E-state index in [9.17, 15) is 9.90 Å². The minimum Gasteiger partial charge on any atom is -0.507 e. The number of nitrogens with zero attached hydrogens (tertiary/aromatic N) is 7. The first kappa shape index (κ1) is 21.8. The first-order valence-electron chi connectivity index (χ1n) is 9.55. The molecule has 0 radical (unpaired) electrons. The van der Waals surface area contributed by atoms with Crippen LogP contribution in [0.1, 0.15) is 21.7 Å². The number of hydrogen-bond acceptors (Lipinski definition) is 10. The number of rotatable bonds is 7. The number of aromatic hydroxyl groups is 1. The summed E-state index contributed by atoms with van der Waals surface area (Å²) in [6.45, 7) is 0.227. The maximum Gasteiger partial charge on any atom is 0.293 e. The zero-order valence-electron chi connectivity index (χ0n) is 17.3. The molecule has 4 N–H and O–H groups in total. The summed E-state index contributed by atoms with van der Waals surface area (Å²) in [6.07, 6.45) is 1.26. The number of halogens is 1. The van der Waals surface area contributed by atoms with Crippen LogP contribution in [-0.4, -0.2) is 49.6 Å². The first-order chi connectivity index (χ1) is 15.9. The molecule has 0 aliphatic rings. The average molecular weight is 468 g/mol. The number of hydrazone groups is 1. The SMILES string of the molecule is CN(Cc1c(C(=O)N/N=C/c2cc(Cl)ccc2O)nnn1-c1nonc1N)c1ccccc1. The number of carbonyl (C=O) groups excluding carboxylic acids is 1. The number of nitrogens with two attached hydrogens (primary N) is 1. The minimum atomic E-state index is -0.634. The van der Waals surface area contributed by atoms with Crippen molar-refractivity contribution in [2.24, 2.45) is 5.10 Å². The molecule has 4 rings (SSSR count). The third kappa shape index (κ3) is 4.75. The Hall–Kier alpha value is -4.45. The van der Waals surface area contributed by atoms with Gasteiger partial charge in [0.2, 0.25) is 11.6 Å². The Bertz CT molecular complexity index is 1300. The van der Waals surface area contributed by atoms with Crippen LogP contribution in [0.15, 0.2) is 58.3 Å². The molecule has 0 saturated heterocycles. The number of anilines is 2. The number of carbonyl (C=O) groups is 1. The standard InChI is InChI=1S/C20H18ClN9O3/c1-29(14-5-3-2-4-6-14)11-15-17(24-28-30(15)19-18(22)26-33-27-19)20(32)25-23-10-12-9-13(21)7-8-16(12)31/h2-10,31H,11H2,1H3,(H2,22,26)(H,25,32)/b23-10+. The Balaban J connectivity index is 1.62. The zero-order chi connectivity index (χ0) is 23.4. The van der Waals surface area contributed by atoms with Crippen LogP contribution in [0.3, 0.4) is 0 Å². The number of amides is 1. The second kappa shape index (κ2) is 9.36. The van der Waals surface area contributed by atoms with Crippen LogP contribution < -0.4 is 16.1 Å². The highest BCUT2D eigenvalue weighted by molar-refractivity contribution is 6.30. The topological polar surface area (TPSA) is 161 Å². The van der Waals surface area contributed by atoms with Crippen LogP contribution in [0.5, 0.6) is 5.75 Å². The van der Waals surface area contributed by atoms with Crippen molar-refractivity contribution in [2.75, 3.05) is 17.7 Å². The summed E-state index contributed by atoms with van der Waals surface area (Å²) in [5, 5.41) is 29.5. The molecule has 2 aromatic carbocycles. The monoisotopic (exact) mass is 467 g/mol. The van der Waals surface area contributed by atoms with Gasteiger partial charge in [-0.3, -0.25) is 4.79 Å². The highest BCUT2D eigenvalue weighted by Crippen LogP contribution is 2.21. The van der Waals surface area contributed by atoms with Crippen LogP contribution in [0, 0.1) is 0 Å². The molecule has 0 saturated carbocycles. The number of benzene rings is 2. The normalized spacial score (nSPS) is 11.1. The van der Waals surface area contributed by atoms with E-state index in [-0.39, 0.29) is 29.6 Å². The van der Waals surface area contributed by atoms with E-state index in [1.165, 1.54) is 29.1 Å². The Morgan fingerprint density at radius 1 is 1.30 bits per heavy atom. The van der Waals surface area contributed by atoms with Crippen LogP contribution >= 0.6 is 11.6 Å². The Kier molecular flexibility index (Phi) is 6.17. The Morgan fingerprint density at radius 3 is 2.82 bits per heavy atom. The van der Waals surface area contributed by atoms with Gasteiger partial charge in [-0.1, -0.05) is 35.0 Å². The molecule has 33 heavy (non-hydrogen) atoms. The number of hydrogen-bond donors (Lipinski definition) is 3. The van der Waals surface area contributed by atoms with E-state index >= 15 is 0 Å². The molecule has 2 aromatic heterocycles. The van der Waals surface area contributed by atoms with Crippen molar-refractivity contribution in [1.29, 1.82) is 0 Å². The molecular formula is C20H18ClN9O3. The van der Waals surface area contributed by atoms with Gasteiger partial charge in [0.05, 0.1) is 18.5 Å². The van der Waals surface area contributed by atoms with E-state index in [1.54, 1.807) is 0 Å². The highest BCUT2D eigenvalue weighted by atomic mass is 35.5. The Morgan fingerprint density at radius 2 is 2.09 bits per heavy atom. The molecule has 168 valence electrons. The molecule has 0 bridgehead atoms. The molecule has 0 aliphatic carbocycles. The van der Waals surface area contributed by atoms with E-state index in [1.807, 2.05) is 42.3 Å². The van der Waals surface area contributed by atoms with Crippen molar-refractivity contribution in [2.45, 2.75) is 6.54 Å². The number of nitrogens with one attached hydrogen (secondary N) is 1. The highest BCUT2D eigenvalue weighted by Gasteiger charge is 2.25. The lowest BCUT2D eigenvalue weighted by molar-refractivity contribution is 0.0949. The second-order valence-electron chi connectivity index (χ2n) is 6.86. The van der Waals surface area contributed by atoms with Gasteiger partial charge in [0.15, 0.2) is 5.69 Å². The van der Waals surface area contributed by atoms with Gasteiger partial charge in [0.25, 0.3) is 5.91 Å². The summed E-state index contributed by atoms with van der Waals surface area (Å²) < 4.78 is 5.95. The van der Waals surface area contributed by atoms with Gasteiger partial charge in [-0.15, -0.1) is 5.10 Å². The molecule has 0 spiro atoms. The second-order valence-corrected chi connectivity index (χ2v) is 7.30. The van der Waals surface area contributed by atoms with Gasteiger partial charge in [-0.2, -0.15) is 9.78 Å². The molecule has 12 nitrogen and oxygen atoms in total. The van der Waals surface area contributed by atoms with E-state index in [0.717, 1.165) is 5.69 Å². The molecule has 0 atom stereocenters. The van der Waals surface area contributed by atoms with Crippen molar-refractivity contribution in [3.8, 4) is 11.6 Å². The van der Waals surface area contributed by atoms with Gasteiger partial charge in [0, 0.05) is 23.3 Å². The first-order valence-corrected chi connectivity index (χ1v) is 9.93. The molecular weight excluding hydrogens is 450 g/mol. The largest absolute Gasteiger partial charge is 0.507 e. The fraction of sp³-hybridized carbons (Fsp3) is 0.100. The van der Waals surface area contributed by atoms with Gasteiger partial charge in [-0.25, -0.2) is 10.1 Å². The van der Waals surface area contributed by atoms with E-state index in [2.05, 4.69) is 35.8 Å². The average Bonchev–Trinajstić information content (AvgIpc) is 3.42. The molecule has 0 aliphatic heterocycles. The maximum atomic E-state index is 12.9. The zero-order valence-corrected chi connectivity index (χ0v) is 18.0. The number of para-hydroxylation sites is 1. The minimum absolute atomic E-state index is 0.00681. The fourth-order valence-corrected chi connectivity index (χ4v) is 3.15. The van der Waals surface area contributed by atoms with Gasteiger partial charge < -0.3 is 15.7 Å². The number of aromatic nitrogens is 5. The van der Waals surface area contributed by atoms with Crippen molar-refractivity contribution < 1.29 is 14.5 Å². The lowest BCUT2D eigenvalue weighted by Gasteiger charge is -2.19. The Labute approximate surface area is 192 Å². The molecule has 0 unspecified atom stereocenters. The number of phenolic OH excluding ortho intramolecular Hbond substituents is 1. The van der Waals surface area contributed by atoms with Crippen LogP contribution in [-0.2, 0) is 6.54 Å². The van der Waals surface area contributed by atoms with Crippen molar-refractivity contribution in [3.63, 3.8) is 0 Å². The predicted octanol–water partition coefficient (Wildman–Crippen LogP) is 1.99. The summed E-state index contributed by atoms with van der Waals surface area (Å²) >= 11 is 5.92. The van der Waals surface area contributed by atoms with Crippen LogP contribution in [0.2, 0.25) is 5.02 Å². The smallest absolute Gasteiger partial charge is 0.293 e. The summed E-state index contributed by atoms with van der Waals surface area (Å²) in [4.78, 5) is 14.7. The number of phenols is 1. The van der Waals surface area contributed by atoms with Crippen LogP contribution in [0.4, 0.5) is 11.5 Å². The maximum absolute atomic E-state index is 12.9. The molecule has 2 heterocycles. The van der Waals surface area contributed by atoms with Gasteiger partial charge in [-0.05, 0) is 40.6 Å². The van der Waals surface area contributed by atoms with Crippen LogP contribution in [0.25, 0.3) is 5.82 Å². The van der Waals surface area contributed by atoms with Gasteiger partial charge >= 0.3 is 0 Å². The van der Waals surface area contributed by atoms with Crippen molar-refractivity contribution >= 4 is 35.2 Å². The summed E-state index contributed by atoms with van der Waals surface area (Å²) in [5.41, 5.74) is 9.78. The summed E-state index contributed by atoms with van der Waals surface area (Å²) in [6, 6.07) is 14.0. The molecule has 1 amide bonds. The van der Waals surface area contributed by atoms with Crippen molar-refractivity contribution in [1.82, 2.24) is 30.7 Å². The molecule has 0 fully saturated rings. The van der Waals surface area contributed by atoms with E-state index in [4.69, 9.17) is 17.3 Å². The molecule has 4 aromatic rings. The van der Waals surface area contributed by atoms with E-state index in [0.29, 0.717) is 16.3 Å². The molecule has 13 heteroatoms. The quantitative estimate of drug-likeness (QED) is 0.272. The fourth-order valence-electron chi connectivity index (χ4n) is 2.97. The summed E-state index contributed by atoms with van der Waals surface area (Å²) in [7, 11) is 1.85. The predicted molar refractivity (Wildman–Crippen MR) is 120 cm³/mol.